The Labute approximate surface area is 109 Å². The Bertz CT molecular complexity index is 533. The summed E-state index contributed by atoms with van der Waals surface area (Å²) in [6.07, 6.45) is 1.20. The van der Waals surface area contributed by atoms with Crippen LogP contribution in [0.4, 0.5) is 10.1 Å². The second-order valence-electron chi connectivity index (χ2n) is 4.71. The maximum atomic E-state index is 13.3. The summed E-state index contributed by atoms with van der Waals surface area (Å²) in [7, 11) is 0. The van der Waals surface area contributed by atoms with Gasteiger partial charge in [0.25, 0.3) is 5.69 Å². The van der Waals surface area contributed by atoms with Gasteiger partial charge in [-0.15, -0.1) is 0 Å². The number of hydrogen-bond donors (Lipinski definition) is 0. The van der Waals surface area contributed by atoms with E-state index in [-0.39, 0.29) is 17.7 Å². The summed E-state index contributed by atoms with van der Waals surface area (Å²) in [6, 6.07) is 5.58. The molecule has 0 N–H and O–H groups in total. The zero-order chi connectivity index (χ0) is 13.9. The van der Waals surface area contributed by atoms with Gasteiger partial charge in [0.1, 0.15) is 5.82 Å². The van der Waals surface area contributed by atoms with Gasteiger partial charge in [-0.3, -0.25) is 10.1 Å². The Morgan fingerprint density at radius 3 is 2.74 bits per heavy atom. The Morgan fingerprint density at radius 1 is 1.47 bits per heavy atom. The van der Waals surface area contributed by atoms with E-state index in [1.165, 1.54) is 0 Å². The van der Waals surface area contributed by atoms with Crippen molar-refractivity contribution in [3.8, 4) is 6.07 Å². The van der Waals surface area contributed by atoms with Crippen LogP contribution in [0.25, 0.3) is 0 Å². The van der Waals surface area contributed by atoms with Crippen LogP contribution in [0, 0.1) is 32.7 Å². The molecular weight excluding hydrogens is 251 g/mol. The highest BCUT2D eigenvalue weighted by Crippen LogP contribution is 2.36. The fourth-order valence-corrected chi connectivity index (χ4v) is 2.33. The molecular formula is C13H13FN2O3. The Balaban J connectivity index is 2.34. The molecule has 0 atom stereocenters. The minimum absolute atomic E-state index is 0.137. The Morgan fingerprint density at radius 2 is 2.16 bits per heavy atom. The van der Waals surface area contributed by atoms with Crippen molar-refractivity contribution in [2.24, 2.45) is 5.41 Å². The van der Waals surface area contributed by atoms with Gasteiger partial charge in [-0.2, -0.15) is 5.26 Å². The van der Waals surface area contributed by atoms with E-state index in [0.29, 0.717) is 26.1 Å². The lowest BCUT2D eigenvalue weighted by molar-refractivity contribution is -0.385. The summed E-state index contributed by atoms with van der Waals surface area (Å²) in [6.45, 7) is 0.910. The van der Waals surface area contributed by atoms with Crippen LogP contribution in [-0.4, -0.2) is 18.1 Å². The summed E-state index contributed by atoms with van der Waals surface area (Å²) in [5.74, 6) is -0.527. The van der Waals surface area contributed by atoms with Gasteiger partial charge in [0.15, 0.2) is 0 Å². The van der Waals surface area contributed by atoms with Gasteiger partial charge in [0, 0.05) is 24.8 Å². The molecule has 100 valence electrons. The second kappa shape index (κ2) is 5.33. The van der Waals surface area contributed by atoms with Crippen LogP contribution < -0.4 is 0 Å². The first kappa shape index (κ1) is 13.4. The number of rotatable bonds is 3. The third kappa shape index (κ3) is 2.88. The summed E-state index contributed by atoms with van der Waals surface area (Å²) in [4.78, 5) is 10.4. The largest absolute Gasteiger partial charge is 0.381 e. The normalized spacial score (nSPS) is 17.7. The smallest absolute Gasteiger partial charge is 0.272 e. The van der Waals surface area contributed by atoms with Crippen LogP contribution in [0.1, 0.15) is 18.4 Å². The van der Waals surface area contributed by atoms with Crippen molar-refractivity contribution in [3.05, 3.63) is 39.7 Å². The quantitative estimate of drug-likeness (QED) is 0.621. The molecule has 0 radical (unpaired) electrons. The number of benzene rings is 1. The molecule has 1 aromatic rings. The molecule has 0 unspecified atom stereocenters. The SMILES string of the molecule is N#CC1(Cc2cc(F)ccc2[N+](=O)[O-])CCOCC1. The molecule has 0 bridgehead atoms. The number of nitriles is 1. The molecule has 1 fully saturated rings. The number of nitro groups is 1. The maximum absolute atomic E-state index is 13.3. The molecule has 1 aliphatic heterocycles. The topological polar surface area (TPSA) is 76.2 Å². The average Bonchev–Trinajstić information content (AvgIpc) is 2.39. The van der Waals surface area contributed by atoms with Crippen molar-refractivity contribution >= 4 is 5.69 Å². The fraction of sp³-hybridized carbons (Fsp3) is 0.462. The van der Waals surface area contributed by atoms with Gasteiger partial charge in [0.2, 0.25) is 0 Å². The number of hydrogen-bond acceptors (Lipinski definition) is 4. The van der Waals surface area contributed by atoms with E-state index in [1.54, 1.807) is 0 Å². The van der Waals surface area contributed by atoms with E-state index >= 15 is 0 Å². The summed E-state index contributed by atoms with van der Waals surface area (Å²) in [5, 5.41) is 20.3. The third-order valence-corrected chi connectivity index (χ3v) is 3.45. The molecule has 0 amide bonds. The van der Waals surface area contributed by atoms with E-state index in [2.05, 4.69) is 6.07 Å². The minimum Gasteiger partial charge on any atom is -0.381 e. The van der Waals surface area contributed by atoms with Crippen molar-refractivity contribution in [3.63, 3.8) is 0 Å². The zero-order valence-corrected chi connectivity index (χ0v) is 10.3. The van der Waals surface area contributed by atoms with Crippen LogP contribution in [0.2, 0.25) is 0 Å². The van der Waals surface area contributed by atoms with Gasteiger partial charge < -0.3 is 4.74 Å². The van der Waals surface area contributed by atoms with E-state index < -0.39 is 16.2 Å². The fourth-order valence-electron chi connectivity index (χ4n) is 2.33. The molecule has 0 aromatic heterocycles. The van der Waals surface area contributed by atoms with Crippen molar-refractivity contribution in [1.82, 2.24) is 0 Å². The molecule has 0 aliphatic carbocycles. The second-order valence-corrected chi connectivity index (χ2v) is 4.71. The van der Waals surface area contributed by atoms with E-state index in [0.717, 1.165) is 18.2 Å². The molecule has 0 saturated carbocycles. The van der Waals surface area contributed by atoms with Crippen LogP contribution in [-0.2, 0) is 11.2 Å². The highest BCUT2D eigenvalue weighted by Gasteiger charge is 2.35. The van der Waals surface area contributed by atoms with Crippen molar-refractivity contribution in [2.75, 3.05) is 13.2 Å². The predicted octanol–water partition coefficient (Wildman–Crippen LogP) is 2.60. The van der Waals surface area contributed by atoms with Crippen LogP contribution in [0.3, 0.4) is 0 Å². The van der Waals surface area contributed by atoms with E-state index in [4.69, 9.17) is 4.74 Å². The van der Waals surface area contributed by atoms with E-state index in [1.807, 2.05) is 0 Å². The molecule has 2 rings (SSSR count). The van der Waals surface area contributed by atoms with Crippen LogP contribution in [0.15, 0.2) is 18.2 Å². The number of nitro benzene ring substituents is 1. The molecule has 6 heteroatoms. The summed E-state index contributed by atoms with van der Waals surface area (Å²) >= 11 is 0. The van der Waals surface area contributed by atoms with Gasteiger partial charge in [0.05, 0.1) is 16.4 Å². The first-order valence-corrected chi connectivity index (χ1v) is 5.98. The molecule has 0 spiro atoms. The number of halogens is 1. The van der Waals surface area contributed by atoms with E-state index in [9.17, 15) is 19.8 Å². The first-order valence-electron chi connectivity index (χ1n) is 5.98. The van der Waals surface area contributed by atoms with Gasteiger partial charge in [-0.25, -0.2) is 4.39 Å². The monoisotopic (exact) mass is 264 g/mol. The summed E-state index contributed by atoms with van der Waals surface area (Å²) in [5.41, 5.74) is -0.562. The number of nitrogens with zero attached hydrogens (tertiary/aromatic N) is 2. The van der Waals surface area contributed by atoms with Crippen LogP contribution in [0.5, 0.6) is 0 Å². The van der Waals surface area contributed by atoms with Gasteiger partial charge >= 0.3 is 0 Å². The van der Waals surface area contributed by atoms with Crippen molar-refractivity contribution < 1.29 is 14.1 Å². The molecule has 1 saturated heterocycles. The molecule has 19 heavy (non-hydrogen) atoms. The molecule has 1 aromatic carbocycles. The van der Waals surface area contributed by atoms with Crippen molar-refractivity contribution in [2.45, 2.75) is 19.3 Å². The van der Waals surface area contributed by atoms with Crippen molar-refractivity contribution in [1.29, 1.82) is 5.26 Å². The Hall–Kier alpha value is -2.00. The molecule has 5 nitrogen and oxygen atoms in total. The summed E-state index contributed by atoms with van der Waals surface area (Å²) < 4.78 is 18.5. The van der Waals surface area contributed by atoms with Crippen LogP contribution >= 0.6 is 0 Å². The van der Waals surface area contributed by atoms with Gasteiger partial charge in [-0.1, -0.05) is 0 Å². The molecule has 1 aliphatic rings. The number of ether oxygens (including phenoxy) is 1. The maximum Gasteiger partial charge on any atom is 0.272 e. The highest BCUT2D eigenvalue weighted by atomic mass is 19.1. The lowest BCUT2D eigenvalue weighted by atomic mass is 9.76. The minimum atomic E-state index is -0.698. The third-order valence-electron chi connectivity index (χ3n) is 3.45. The van der Waals surface area contributed by atoms with Gasteiger partial charge in [-0.05, 0) is 31.4 Å². The lowest BCUT2D eigenvalue weighted by Gasteiger charge is -2.30. The Kier molecular flexibility index (Phi) is 3.76. The first-order chi connectivity index (χ1) is 9.06. The average molecular weight is 264 g/mol. The zero-order valence-electron chi connectivity index (χ0n) is 10.3. The standard InChI is InChI=1S/C13H13FN2O3/c14-11-1-2-12(16(17)18)10(7-11)8-13(9-15)3-5-19-6-4-13/h1-2,7H,3-6,8H2. The molecule has 1 heterocycles. The predicted molar refractivity (Wildman–Crippen MR) is 64.9 cm³/mol. The lowest BCUT2D eigenvalue weighted by Crippen LogP contribution is -2.30. The highest BCUT2D eigenvalue weighted by molar-refractivity contribution is 5.41.